The molecule has 6 atom stereocenters. The Balaban J connectivity index is 0.000000217. The summed E-state index contributed by atoms with van der Waals surface area (Å²) in [7, 11) is 7.36. The minimum absolute atomic E-state index is 0.000602. The Hall–Kier alpha value is -7.74. The maximum Gasteiger partial charge on any atom is 0.308 e. The monoisotopic (exact) mass is 1480 g/mol. The van der Waals surface area contributed by atoms with Gasteiger partial charge in [0.2, 0.25) is 26.3 Å². The number of fused-ring (bicyclic) bond motifs is 4. The normalized spacial score (nSPS) is 19.3. The second-order valence-corrected chi connectivity index (χ2v) is 28.0. The van der Waals surface area contributed by atoms with Crippen molar-refractivity contribution in [2.45, 2.75) is 157 Å². The number of benzene rings is 8. The highest BCUT2D eigenvalue weighted by Crippen LogP contribution is 2.29. The number of ether oxygens (including phenoxy) is 6. The molecule has 0 aliphatic carbocycles. The van der Waals surface area contributed by atoms with E-state index in [-0.39, 0.29) is 67.2 Å². The number of halogens is 3. The standard InChI is InChI=1S/C18H21NO3.C15H15NO2.C14H12N2O.C11H11N.C7H11ClO3.C7H12O4.C6H15N.Cl2OS/c1-13-12-21-18(2,22-13)10-17(20)19-11-14-7-8-15-5-3-4-6-16(15)9-14;1-11(17)8-15(18)16-10-12-6-7-13-4-2-3-5-14(13)9-12;1-10-8-14(17)15-16(10)13-7-6-11-4-2-3-5-12(11)9-13;12-8-9-5-6-10-3-1-2-4-11(10)7-9;2*1-5-4-10-7(2,11-5)3-6(8)9;1-4-7(5-2)6-3;1-4(2)3/h3-9,13H,10-12H2,1-2H3,(H,19,20);2-7,9H,8,10H2,1H3,(H,16,18);2-9H,1H3,(H,15,17);1-7H,8,12H2;5H,3-4H2,1-2H3;5H,3-4H2,1-2H3,(H,8,9);4-6H2,1-3H3;. The number of nitrogens with zero attached hydrogens (tertiary/aromatic N) is 2. The van der Waals surface area contributed by atoms with Crippen LogP contribution in [0.15, 0.2) is 181 Å². The number of nitrogens with two attached hydrogens (primary N) is 1. The van der Waals surface area contributed by atoms with Crippen molar-refractivity contribution in [2.75, 3.05) is 39.5 Å². The molecule has 2 amide bonds. The van der Waals surface area contributed by atoms with E-state index in [0.29, 0.717) is 39.5 Å². The van der Waals surface area contributed by atoms with E-state index in [2.05, 4.69) is 142 Å². The highest BCUT2D eigenvalue weighted by Gasteiger charge is 2.39. The van der Waals surface area contributed by atoms with Gasteiger partial charge in [0.05, 0.1) is 69.5 Å². The highest BCUT2D eigenvalue weighted by atomic mass is 36.0. The number of carboxylic acid groups (broad SMARTS) is 1. The number of carbonyl (C=O) groups excluding carboxylic acids is 4. The van der Waals surface area contributed by atoms with E-state index in [1.54, 1.807) is 24.6 Å². The number of ketones is 1. The molecule has 0 spiro atoms. The number of carbonyl (C=O) groups is 5. The first-order chi connectivity index (χ1) is 48.4. The predicted molar refractivity (Wildman–Crippen MR) is 408 cm³/mol. The molecular weight excluding hydrogens is 1380 g/mol. The molecule has 0 saturated carbocycles. The van der Waals surface area contributed by atoms with Gasteiger partial charge in [-0.1, -0.05) is 160 Å². The average molecular weight is 1480 g/mol. The Bertz CT molecular complexity index is 4200. The molecule has 3 saturated heterocycles. The Morgan fingerprint density at radius 2 is 0.912 bits per heavy atom. The number of H-pyrrole nitrogens is 1. The van der Waals surface area contributed by atoms with Crippen LogP contribution in [0.4, 0.5) is 0 Å². The first kappa shape index (κ1) is 84.9. The number of aromatic nitrogens is 2. The van der Waals surface area contributed by atoms with E-state index in [1.165, 1.54) is 69.8 Å². The lowest BCUT2D eigenvalue weighted by atomic mass is 10.1. The summed E-state index contributed by atoms with van der Waals surface area (Å²) in [5.41, 5.74) is 10.7. The fourth-order valence-corrected chi connectivity index (χ4v) is 11.3. The summed E-state index contributed by atoms with van der Waals surface area (Å²) in [4.78, 5) is 68.7. The van der Waals surface area contributed by atoms with Crippen LogP contribution in [0.25, 0.3) is 48.8 Å². The van der Waals surface area contributed by atoms with Gasteiger partial charge in [-0.05, 0) is 177 Å². The van der Waals surface area contributed by atoms with Crippen LogP contribution < -0.4 is 21.9 Å². The number of hydrogen-bond donors (Lipinski definition) is 5. The van der Waals surface area contributed by atoms with Crippen LogP contribution in [0.3, 0.4) is 0 Å². The number of Topliss-reactive ketones (excluding diaryl/α,β-unsaturated/α-hetero) is 1. The largest absolute Gasteiger partial charge is 0.481 e. The van der Waals surface area contributed by atoms with Crippen molar-refractivity contribution in [3.63, 3.8) is 0 Å². The van der Waals surface area contributed by atoms with Crippen molar-refractivity contribution in [2.24, 2.45) is 5.73 Å². The smallest absolute Gasteiger partial charge is 0.308 e. The predicted octanol–water partition coefficient (Wildman–Crippen LogP) is 14.7. The number of carboxylic acids is 1. The van der Waals surface area contributed by atoms with Gasteiger partial charge in [0.15, 0.2) is 17.4 Å². The van der Waals surface area contributed by atoms with Crippen molar-refractivity contribution in [1.29, 1.82) is 0 Å². The molecule has 9 aromatic rings. The summed E-state index contributed by atoms with van der Waals surface area (Å²) in [6.45, 7) is 27.4. The lowest BCUT2D eigenvalue weighted by Crippen LogP contribution is -2.35. The van der Waals surface area contributed by atoms with Crippen molar-refractivity contribution in [1.82, 2.24) is 25.3 Å². The maximum atomic E-state index is 12.1. The molecule has 4 heterocycles. The molecule has 1 aromatic heterocycles. The van der Waals surface area contributed by atoms with Gasteiger partial charge in [-0.15, -0.1) is 0 Å². The molecule has 3 fully saturated rings. The zero-order valence-electron chi connectivity index (χ0n) is 59.9. The van der Waals surface area contributed by atoms with Crippen LogP contribution in [-0.2, 0) is 81.3 Å². The fourth-order valence-electron chi connectivity index (χ4n) is 11.0. The van der Waals surface area contributed by atoms with Crippen molar-refractivity contribution >= 4 is 114 Å². The topological polar surface area (TPSA) is 269 Å². The van der Waals surface area contributed by atoms with Gasteiger partial charge in [-0.2, -0.15) is 0 Å². The summed E-state index contributed by atoms with van der Waals surface area (Å²) in [5.74, 6) is -3.82. The number of rotatable bonds is 17. The molecule has 550 valence electrons. The van der Waals surface area contributed by atoms with Crippen molar-refractivity contribution in [3.05, 3.63) is 209 Å². The minimum atomic E-state index is -1.67. The van der Waals surface area contributed by atoms with Gasteiger partial charge in [0.25, 0.3) is 5.56 Å². The maximum absolute atomic E-state index is 12.1. The Kier molecular flexibility index (Phi) is 35.6. The van der Waals surface area contributed by atoms with Crippen LogP contribution in [0, 0.1) is 6.92 Å². The van der Waals surface area contributed by atoms with Crippen LogP contribution in [-0.4, -0.2) is 128 Å². The molecule has 8 aromatic carbocycles. The zero-order valence-corrected chi connectivity index (χ0v) is 63.0. The van der Waals surface area contributed by atoms with E-state index in [9.17, 15) is 28.8 Å². The number of aromatic amines is 1. The fraction of sp³-hybridized carbons (Fsp3) is 0.385. The van der Waals surface area contributed by atoms with E-state index < -0.39 is 37.8 Å². The summed E-state index contributed by atoms with van der Waals surface area (Å²) in [6, 6.07) is 59.0. The Morgan fingerprint density at radius 3 is 1.25 bits per heavy atom. The highest BCUT2D eigenvalue weighted by molar-refractivity contribution is 8.26. The lowest BCUT2D eigenvalue weighted by Gasteiger charge is -2.22. The lowest BCUT2D eigenvalue weighted by molar-refractivity contribution is -0.175. The molecule has 3 aliphatic rings. The first-order valence-corrected chi connectivity index (χ1v) is 36.9. The molecule has 0 bridgehead atoms. The molecule has 12 rings (SSSR count). The molecule has 6 unspecified atom stereocenters. The molecule has 102 heavy (non-hydrogen) atoms. The third-order valence-corrected chi connectivity index (χ3v) is 16.1. The van der Waals surface area contributed by atoms with E-state index in [0.717, 1.165) is 27.9 Å². The van der Waals surface area contributed by atoms with Crippen LogP contribution in [0.1, 0.15) is 117 Å². The van der Waals surface area contributed by atoms with Gasteiger partial charge < -0.3 is 54.8 Å². The third-order valence-electron chi connectivity index (χ3n) is 15.9. The number of hydrogen-bond acceptors (Lipinski definition) is 15. The molecular formula is C78H97Cl3N6O14S. The number of amides is 2. The second kappa shape index (κ2) is 42.8. The minimum Gasteiger partial charge on any atom is -0.481 e. The van der Waals surface area contributed by atoms with E-state index >= 15 is 0 Å². The van der Waals surface area contributed by atoms with E-state index in [1.807, 2.05) is 126 Å². The molecule has 20 nitrogen and oxygen atoms in total. The number of nitrogens with one attached hydrogen (secondary N) is 3. The quantitative estimate of drug-likeness (QED) is 0.0419. The van der Waals surface area contributed by atoms with Crippen molar-refractivity contribution < 1.29 is 61.7 Å². The molecule has 24 heteroatoms. The summed E-state index contributed by atoms with van der Waals surface area (Å²) >= 11 is 5.20. The van der Waals surface area contributed by atoms with Crippen LogP contribution in [0.2, 0.25) is 0 Å². The van der Waals surface area contributed by atoms with Gasteiger partial charge in [0.1, 0.15) is 5.78 Å². The molecule has 0 radical (unpaired) electrons. The van der Waals surface area contributed by atoms with Gasteiger partial charge >= 0.3 is 5.97 Å². The summed E-state index contributed by atoms with van der Waals surface area (Å²) < 4.78 is 43.1. The van der Waals surface area contributed by atoms with Gasteiger partial charge in [0, 0.05) is 52.8 Å². The zero-order chi connectivity index (χ0) is 75.0. The Labute approximate surface area is 614 Å². The van der Waals surface area contributed by atoms with Crippen molar-refractivity contribution in [3.8, 4) is 5.69 Å². The first-order valence-electron chi connectivity index (χ1n) is 33.7. The van der Waals surface area contributed by atoms with Crippen LogP contribution >= 0.6 is 33.0 Å². The number of aliphatic carboxylic acids is 1. The third kappa shape index (κ3) is 30.7. The summed E-state index contributed by atoms with van der Waals surface area (Å²) in [5, 5.41) is 26.1. The SMILES string of the molecule is CC(=O)CC(=O)NCc1ccc2ccccc2c1.CC1COC(C)(CC(=O)Cl)O1.CC1COC(C)(CC(=O)NCc2ccc3ccccc3c2)O1.CC1COC(C)(CC(=O)O)O1.CCN(CC)CC.Cc1cc(=O)[nH]n1-c1ccc2ccccc2c1.NCc1ccc2ccccc2c1.O=S(Cl)Cl. The van der Waals surface area contributed by atoms with Crippen LogP contribution in [0.5, 0.6) is 0 Å². The molecule has 6 N–H and O–H groups in total. The summed E-state index contributed by atoms with van der Waals surface area (Å²) in [6.07, 6.45) is 0.267. The second-order valence-electron chi connectivity index (χ2n) is 25.0. The Morgan fingerprint density at radius 1 is 0.559 bits per heavy atom. The molecule has 3 aliphatic heterocycles. The average Bonchev–Trinajstić information content (AvgIpc) is 1.54. The number of aryl methyl sites for hydroxylation is 1. The van der Waals surface area contributed by atoms with Gasteiger partial charge in [-0.25, -0.2) is 4.21 Å². The van der Waals surface area contributed by atoms with Gasteiger partial charge in [-0.3, -0.25) is 38.5 Å². The van der Waals surface area contributed by atoms with E-state index in [4.69, 9.17) is 55.1 Å².